The first-order valence-electron chi connectivity index (χ1n) is 7.43. The topological polar surface area (TPSA) is 39.9 Å². The Labute approximate surface area is 123 Å². The van der Waals surface area contributed by atoms with Gasteiger partial charge in [-0.05, 0) is 24.3 Å². The standard InChI is InChI=1S/C17H17N3O/c1-2-8-14-13(6-1)7-5-9-15(14)21-12-17-19-18-16-10-3-4-11-20(16)17/h1-2,5-9H,3-4,10-12H2. The van der Waals surface area contributed by atoms with Crippen molar-refractivity contribution in [3.8, 4) is 5.75 Å². The number of nitrogens with zero attached hydrogens (tertiary/aromatic N) is 3. The first-order valence-corrected chi connectivity index (χ1v) is 7.43. The largest absolute Gasteiger partial charge is 0.485 e. The molecule has 4 rings (SSSR count). The zero-order valence-electron chi connectivity index (χ0n) is 11.8. The molecular weight excluding hydrogens is 262 g/mol. The summed E-state index contributed by atoms with van der Waals surface area (Å²) in [6.07, 6.45) is 3.44. The summed E-state index contributed by atoms with van der Waals surface area (Å²) in [5.74, 6) is 2.93. The molecular formula is C17H17N3O. The van der Waals surface area contributed by atoms with Gasteiger partial charge in [0.25, 0.3) is 0 Å². The van der Waals surface area contributed by atoms with E-state index >= 15 is 0 Å². The van der Waals surface area contributed by atoms with Gasteiger partial charge in [-0.15, -0.1) is 10.2 Å². The predicted molar refractivity (Wildman–Crippen MR) is 81.2 cm³/mol. The Morgan fingerprint density at radius 1 is 1.00 bits per heavy atom. The Bertz CT molecular complexity index is 773. The molecule has 0 saturated heterocycles. The van der Waals surface area contributed by atoms with Crippen LogP contribution in [-0.4, -0.2) is 14.8 Å². The Hall–Kier alpha value is -2.36. The molecule has 0 unspecified atom stereocenters. The fourth-order valence-electron chi connectivity index (χ4n) is 2.94. The average molecular weight is 279 g/mol. The van der Waals surface area contributed by atoms with Crippen LogP contribution in [0.5, 0.6) is 5.75 Å². The molecule has 1 aliphatic rings. The second-order valence-electron chi connectivity index (χ2n) is 5.41. The lowest BCUT2D eigenvalue weighted by molar-refractivity contribution is 0.289. The van der Waals surface area contributed by atoms with Crippen LogP contribution in [0.25, 0.3) is 10.8 Å². The van der Waals surface area contributed by atoms with E-state index in [1.165, 1.54) is 18.2 Å². The molecule has 3 aromatic rings. The SMILES string of the molecule is c1ccc2c(OCc3nnc4n3CCCC4)cccc2c1. The summed E-state index contributed by atoms with van der Waals surface area (Å²) in [7, 11) is 0. The molecule has 1 aliphatic heterocycles. The second kappa shape index (κ2) is 5.20. The molecule has 4 nitrogen and oxygen atoms in total. The van der Waals surface area contributed by atoms with Crippen molar-refractivity contribution in [1.29, 1.82) is 0 Å². The van der Waals surface area contributed by atoms with Gasteiger partial charge in [-0.1, -0.05) is 36.4 Å². The number of rotatable bonds is 3. The van der Waals surface area contributed by atoms with Crippen LogP contribution in [0, 0.1) is 0 Å². The predicted octanol–water partition coefficient (Wildman–Crippen LogP) is 3.35. The normalized spacial score (nSPS) is 14.1. The molecule has 106 valence electrons. The first kappa shape index (κ1) is 12.4. The minimum atomic E-state index is 0.473. The van der Waals surface area contributed by atoms with Crippen LogP contribution in [0.3, 0.4) is 0 Å². The number of benzene rings is 2. The maximum absolute atomic E-state index is 6.01. The van der Waals surface area contributed by atoms with Gasteiger partial charge in [0.2, 0.25) is 0 Å². The third kappa shape index (κ3) is 2.27. The molecule has 4 heteroatoms. The maximum atomic E-state index is 6.01. The van der Waals surface area contributed by atoms with Crippen molar-refractivity contribution in [1.82, 2.24) is 14.8 Å². The lowest BCUT2D eigenvalue weighted by Crippen LogP contribution is -2.14. The van der Waals surface area contributed by atoms with Gasteiger partial charge in [0.15, 0.2) is 5.82 Å². The molecule has 2 aromatic carbocycles. The Balaban J connectivity index is 1.60. The van der Waals surface area contributed by atoms with Gasteiger partial charge in [0, 0.05) is 18.4 Å². The van der Waals surface area contributed by atoms with E-state index in [0.717, 1.165) is 35.8 Å². The van der Waals surface area contributed by atoms with Gasteiger partial charge in [-0.2, -0.15) is 0 Å². The molecule has 0 bridgehead atoms. The molecule has 0 atom stereocenters. The molecule has 0 radical (unpaired) electrons. The van der Waals surface area contributed by atoms with Crippen molar-refractivity contribution in [3.05, 3.63) is 54.1 Å². The molecule has 1 aromatic heterocycles. The van der Waals surface area contributed by atoms with E-state index in [1.807, 2.05) is 24.3 Å². The summed E-state index contributed by atoms with van der Waals surface area (Å²) in [6, 6.07) is 14.4. The molecule has 0 aliphatic carbocycles. The van der Waals surface area contributed by atoms with Crippen LogP contribution in [-0.2, 0) is 19.6 Å². The van der Waals surface area contributed by atoms with Crippen molar-refractivity contribution in [3.63, 3.8) is 0 Å². The average Bonchev–Trinajstić information content (AvgIpc) is 2.96. The Morgan fingerprint density at radius 3 is 2.90 bits per heavy atom. The summed E-state index contributed by atoms with van der Waals surface area (Å²) in [5.41, 5.74) is 0. The highest BCUT2D eigenvalue weighted by Gasteiger charge is 2.16. The van der Waals surface area contributed by atoms with E-state index < -0.39 is 0 Å². The highest BCUT2D eigenvalue weighted by Crippen LogP contribution is 2.26. The minimum Gasteiger partial charge on any atom is -0.485 e. The van der Waals surface area contributed by atoms with Gasteiger partial charge in [-0.3, -0.25) is 0 Å². The number of hydrogen-bond donors (Lipinski definition) is 0. The molecule has 0 saturated carbocycles. The maximum Gasteiger partial charge on any atom is 0.171 e. The quantitative estimate of drug-likeness (QED) is 0.738. The molecule has 2 heterocycles. The van der Waals surface area contributed by atoms with Crippen molar-refractivity contribution >= 4 is 10.8 Å². The van der Waals surface area contributed by atoms with Gasteiger partial charge >= 0.3 is 0 Å². The number of fused-ring (bicyclic) bond motifs is 2. The van der Waals surface area contributed by atoms with Crippen LogP contribution >= 0.6 is 0 Å². The summed E-state index contributed by atoms with van der Waals surface area (Å²) in [4.78, 5) is 0. The van der Waals surface area contributed by atoms with E-state index in [2.05, 4.69) is 33.0 Å². The van der Waals surface area contributed by atoms with Crippen molar-refractivity contribution in [2.45, 2.75) is 32.4 Å². The minimum absolute atomic E-state index is 0.473. The summed E-state index contributed by atoms with van der Waals surface area (Å²) in [5, 5.41) is 10.9. The van der Waals surface area contributed by atoms with Gasteiger partial charge in [0.05, 0.1) is 0 Å². The highest BCUT2D eigenvalue weighted by molar-refractivity contribution is 5.88. The van der Waals surface area contributed by atoms with Crippen LogP contribution < -0.4 is 4.74 Å². The second-order valence-corrected chi connectivity index (χ2v) is 5.41. The third-order valence-corrected chi connectivity index (χ3v) is 4.04. The molecule has 0 fully saturated rings. The van der Waals surface area contributed by atoms with E-state index in [0.29, 0.717) is 6.61 Å². The zero-order valence-corrected chi connectivity index (χ0v) is 11.8. The number of ether oxygens (including phenoxy) is 1. The molecule has 0 N–H and O–H groups in total. The van der Waals surface area contributed by atoms with E-state index in [9.17, 15) is 0 Å². The summed E-state index contributed by atoms with van der Waals surface area (Å²) in [6.45, 7) is 1.48. The van der Waals surface area contributed by atoms with Crippen molar-refractivity contribution < 1.29 is 4.74 Å². The summed E-state index contributed by atoms with van der Waals surface area (Å²) < 4.78 is 8.21. The molecule has 21 heavy (non-hydrogen) atoms. The summed E-state index contributed by atoms with van der Waals surface area (Å²) >= 11 is 0. The van der Waals surface area contributed by atoms with E-state index in [-0.39, 0.29) is 0 Å². The van der Waals surface area contributed by atoms with Crippen LogP contribution in [0.15, 0.2) is 42.5 Å². The lowest BCUT2D eigenvalue weighted by Gasteiger charge is -2.15. The monoisotopic (exact) mass is 279 g/mol. The molecule has 0 spiro atoms. The number of aryl methyl sites for hydroxylation is 1. The van der Waals surface area contributed by atoms with Crippen LogP contribution in [0.4, 0.5) is 0 Å². The Kier molecular flexibility index (Phi) is 3.07. The molecule has 0 amide bonds. The lowest BCUT2D eigenvalue weighted by atomic mass is 10.1. The van der Waals surface area contributed by atoms with Crippen LogP contribution in [0.2, 0.25) is 0 Å². The fourth-order valence-corrected chi connectivity index (χ4v) is 2.94. The first-order chi connectivity index (χ1) is 10.4. The van der Waals surface area contributed by atoms with E-state index in [1.54, 1.807) is 0 Å². The smallest absolute Gasteiger partial charge is 0.171 e. The van der Waals surface area contributed by atoms with Crippen LogP contribution in [0.1, 0.15) is 24.5 Å². The Morgan fingerprint density at radius 2 is 1.90 bits per heavy atom. The number of aromatic nitrogens is 3. The fraction of sp³-hybridized carbons (Fsp3) is 0.294. The van der Waals surface area contributed by atoms with Crippen molar-refractivity contribution in [2.75, 3.05) is 0 Å². The zero-order chi connectivity index (χ0) is 14.1. The van der Waals surface area contributed by atoms with Crippen molar-refractivity contribution in [2.24, 2.45) is 0 Å². The third-order valence-electron chi connectivity index (χ3n) is 4.04. The van der Waals surface area contributed by atoms with E-state index in [4.69, 9.17) is 4.74 Å². The van der Waals surface area contributed by atoms with Gasteiger partial charge in [-0.25, -0.2) is 0 Å². The van der Waals surface area contributed by atoms with Gasteiger partial charge in [0.1, 0.15) is 18.2 Å². The highest BCUT2D eigenvalue weighted by atomic mass is 16.5. The number of hydrogen-bond acceptors (Lipinski definition) is 3. The van der Waals surface area contributed by atoms with Gasteiger partial charge < -0.3 is 9.30 Å².